The number of hydrogen-bond acceptors (Lipinski definition) is 1. The Morgan fingerprint density at radius 3 is 2.63 bits per heavy atom. The van der Waals surface area contributed by atoms with Gasteiger partial charge in [-0.1, -0.05) is 11.6 Å². The van der Waals surface area contributed by atoms with Crippen molar-refractivity contribution >= 4 is 34.2 Å². The molecule has 0 saturated carbocycles. The summed E-state index contributed by atoms with van der Waals surface area (Å²) in [6, 6.07) is 5.11. The van der Waals surface area contributed by atoms with Gasteiger partial charge < -0.3 is 4.57 Å². The summed E-state index contributed by atoms with van der Waals surface area (Å²) in [5.41, 5.74) is 1.40. The van der Waals surface area contributed by atoms with Gasteiger partial charge in [-0.3, -0.25) is 0 Å². The molecule has 0 spiro atoms. The van der Waals surface area contributed by atoms with Crippen molar-refractivity contribution in [1.82, 2.24) is 9.55 Å². The summed E-state index contributed by atoms with van der Waals surface area (Å²) in [5, 5.41) is 0.519. The number of benzene rings is 1. The molecule has 0 radical (unpaired) electrons. The molecule has 1 aromatic heterocycles. The summed E-state index contributed by atoms with van der Waals surface area (Å²) >= 11 is 11.7. The third kappa shape index (κ3) is 3.54. The van der Waals surface area contributed by atoms with E-state index in [4.69, 9.17) is 23.2 Å². The Morgan fingerprint density at radius 1 is 1.26 bits per heavy atom. The van der Waals surface area contributed by atoms with Crippen molar-refractivity contribution in [2.45, 2.75) is 31.4 Å². The van der Waals surface area contributed by atoms with Crippen molar-refractivity contribution in [3.05, 3.63) is 29.0 Å². The minimum Gasteiger partial charge on any atom is -0.327 e. The van der Waals surface area contributed by atoms with Gasteiger partial charge in [-0.25, -0.2) is 4.98 Å². The van der Waals surface area contributed by atoms with Gasteiger partial charge in [0.2, 0.25) is 0 Å². The SMILES string of the molecule is FC(F)(F)CCCn1c(CCl)nc2ccc(Cl)cc21. The van der Waals surface area contributed by atoms with E-state index in [0.717, 1.165) is 0 Å². The number of imidazole rings is 1. The molecule has 19 heavy (non-hydrogen) atoms. The lowest BCUT2D eigenvalue weighted by Gasteiger charge is -2.09. The summed E-state index contributed by atoms with van der Waals surface area (Å²) in [7, 11) is 0. The van der Waals surface area contributed by atoms with E-state index in [1.54, 1.807) is 22.8 Å². The van der Waals surface area contributed by atoms with Crippen LogP contribution in [0.5, 0.6) is 0 Å². The molecule has 0 bridgehead atoms. The predicted molar refractivity (Wildman–Crippen MR) is 69.6 cm³/mol. The number of fused-ring (bicyclic) bond motifs is 1. The van der Waals surface area contributed by atoms with Crippen LogP contribution in [-0.4, -0.2) is 15.7 Å². The summed E-state index contributed by atoms with van der Waals surface area (Å²) < 4.78 is 38.2. The molecule has 104 valence electrons. The third-order valence-electron chi connectivity index (χ3n) is 2.75. The van der Waals surface area contributed by atoms with Gasteiger partial charge in [0.25, 0.3) is 0 Å². The zero-order valence-electron chi connectivity index (χ0n) is 9.84. The van der Waals surface area contributed by atoms with Gasteiger partial charge in [-0.15, -0.1) is 11.6 Å². The number of hydrogen-bond donors (Lipinski definition) is 0. The second-order valence-corrected chi connectivity index (χ2v) is 4.87. The lowest BCUT2D eigenvalue weighted by Crippen LogP contribution is -2.10. The smallest absolute Gasteiger partial charge is 0.327 e. The van der Waals surface area contributed by atoms with E-state index in [9.17, 15) is 13.2 Å². The normalized spacial score (nSPS) is 12.3. The highest BCUT2D eigenvalue weighted by molar-refractivity contribution is 6.31. The fraction of sp³-hybridized carbons (Fsp3) is 0.417. The highest BCUT2D eigenvalue weighted by atomic mass is 35.5. The Hall–Kier alpha value is -0.940. The van der Waals surface area contributed by atoms with Crippen molar-refractivity contribution in [3.63, 3.8) is 0 Å². The molecule has 0 atom stereocenters. The zero-order chi connectivity index (χ0) is 14.0. The number of nitrogens with zero attached hydrogens (tertiary/aromatic N) is 2. The summed E-state index contributed by atoms with van der Waals surface area (Å²) in [4.78, 5) is 4.28. The maximum atomic E-state index is 12.2. The topological polar surface area (TPSA) is 17.8 Å². The van der Waals surface area contributed by atoms with Crippen LogP contribution in [0.1, 0.15) is 18.7 Å². The number of alkyl halides is 4. The molecular weight excluding hydrogens is 300 g/mol. The highest BCUT2D eigenvalue weighted by Gasteiger charge is 2.26. The second kappa shape index (κ2) is 5.59. The van der Waals surface area contributed by atoms with E-state index in [1.807, 2.05) is 0 Å². The Morgan fingerprint density at radius 2 is 2.00 bits per heavy atom. The van der Waals surface area contributed by atoms with Crippen LogP contribution in [-0.2, 0) is 12.4 Å². The molecular formula is C12H11Cl2F3N2. The molecule has 0 fully saturated rings. The van der Waals surface area contributed by atoms with Crippen molar-refractivity contribution in [3.8, 4) is 0 Å². The largest absolute Gasteiger partial charge is 0.389 e. The maximum absolute atomic E-state index is 12.2. The van der Waals surface area contributed by atoms with Crippen LogP contribution in [0, 0.1) is 0 Å². The first kappa shape index (κ1) is 14.5. The van der Waals surface area contributed by atoms with Crippen molar-refractivity contribution in [2.24, 2.45) is 0 Å². The molecule has 0 aliphatic carbocycles. The first-order chi connectivity index (χ1) is 8.90. The lowest BCUT2D eigenvalue weighted by atomic mass is 10.3. The molecule has 0 aliphatic rings. The van der Waals surface area contributed by atoms with Crippen LogP contribution in [0.2, 0.25) is 5.02 Å². The molecule has 1 aromatic carbocycles. The van der Waals surface area contributed by atoms with E-state index in [1.165, 1.54) is 0 Å². The average molecular weight is 311 g/mol. The average Bonchev–Trinajstić information content (AvgIpc) is 2.65. The number of aryl methyl sites for hydroxylation is 1. The van der Waals surface area contributed by atoms with Crippen molar-refractivity contribution in [2.75, 3.05) is 0 Å². The first-order valence-corrected chi connectivity index (χ1v) is 6.59. The number of halogens is 5. The molecule has 0 saturated heterocycles. The molecule has 2 rings (SSSR count). The van der Waals surface area contributed by atoms with Crippen molar-refractivity contribution < 1.29 is 13.2 Å². The zero-order valence-corrected chi connectivity index (χ0v) is 11.4. The van der Waals surface area contributed by atoms with Crippen LogP contribution in [0.25, 0.3) is 11.0 Å². The van der Waals surface area contributed by atoms with Crippen LogP contribution < -0.4 is 0 Å². The van der Waals surface area contributed by atoms with Crippen LogP contribution in [0.4, 0.5) is 13.2 Å². The van der Waals surface area contributed by atoms with Crippen molar-refractivity contribution in [1.29, 1.82) is 0 Å². The van der Waals surface area contributed by atoms with Gasteiger partial charge in [-0.05, 0) is 24.6 Å². The van der Waals surface area contributed by atoms with Crippen LogP contribution >= 0.6 is 23.2 Å². The third-order valence-corrected chi connectivity index (χ3v) is 3.22. The summed E-state index contributed by atoms with van der Waals surface area (Å²) in [6.07, 6.45) is -4.98. The molecule has 0 aliphatic heterocycles. The Labute approximate surface area is 118 Å². The predicted octanol–water partition coefficient (Wildman–Crippen LogP) is 4.77. The van der Waals surface area contributed by atoms with E-state index in [2.05, 4.69) is 4.98 Å². The van der Waals surface area contributed by atoms with E-state index in [0.29, 0.717) is 21.9 Å². The van der Waals surface area contributed by atoms with Gasteiger partial charge in [0.05, 0.1) is 16.9 Å². The van der Waals surface area contributed by atoms with Gasteiger partial charge in [0.15, 0.2) is 0 Å². The molecule has 2 aromatic rings. The van der Waals surface area contributed by atoms with Gasteiger partial charge in [0, 0.05) is 18.0 Å². The lowest BCUT2D eigenvalue weighted by molar-refractivity contribution is -0.135. The molecule has 0 amide bonds. The first-order valence-electron chi connectivity index (χ1n) is 5.68. The van der Waals surface area contributed by atoms with Crippen LogP contribution in [0.15, 0.2) is 18.2 Å². The van der Waals surface area contributed by atoms with Gasteiger partial charge >= 0.3 is 6.18 Å². The second-order valence-electron chi connectivity index (χ2n) is 4.17. The molecule has 2 nitrogen and oxygen atoms in total. The highest BCUT2D eigenvalue weighted by Crippen LogP contribution is 2.25. The molecule has 0 N–H and O–H groups in total. The molecule has 1 heterocycles. The maximum Gasteiger partial charge on any atom is 0.389 e. The van der Waals surface area contributed by atoms with E-state index >= 15 is 0 Å². The fourth-order valence-corrected chi connectivity index (χ4v) is 2.31. The Kier molecular flexibility index (Phi) is 4.26. The Balaban J connectivity index is 2.27. The van der Waals surface area contributed by atoms with E-state index in [-0.39, 0.29) is 18.8 Å². The van der Waals surface area contributed by atoms with Gasteiger partial charge in [-0.2, -0.15) is 13.2 Å². The quantitative estimate of drug-likeness (QED) is 0.744. The Bertz CT molecular complexity index is 578. The minimum absolute atomic E-state index is 0.00857. The van der Waals surface area contributed by atoms with E-state index < -0.39 is 12.6 Å². The number of aromatic nitrogens is 2. The standard InChI is InChI=1S/C12H11Cl2F3N2/c13-7-11-18-9-3-2-8(14)6-10(9)19(11)5-1-4-12(15,16)17/h2-3,6H,1,4-5,7H2. The van der Waals surface area contributed by atoms with Crippen LogP contribution in [0.3, 0.4) is 0 Å². The monoisotopic (exact) mass is 310 g/mol. The summed E-state index contributed by atoms with van der Waals surface area (Å²) in [5.74, 6) is 0.708. The molecule has 7 heteroatoms. The molecule has 0 unspecified atom stereocenters. The van der Waals surface area contributed by atoms with Gasteiger partial charge in [0.1, 0.15) is 5.82 Å². The number of rotatable bonds is 4. The fourth-order valence-electron chi connectivity index (χ4n) is 1.93. The summed E-state index contributed by atoms with van der Waals surface area (Å²) in [6.45, 7) is 0.221. The minimum atomic E-state index is -4.14.